The van der Waals surface area contributed by atoms with Crippen molar-refractivity contribution < 1.29 is 9.47 Å². The van der Waals surface area contributed by atoms with Crippen LogP contribution in [0, 0.1) is 0 Å². The van der Waals surface area contributed by atoms with Crippen LogP contribution < -0.4 is 25.8 Å². The molecule has 0 atom stereocenters. The van der Waals surface area contributed by atoms with Crippen molar-refractivity contribution in [1.82, 2.24) is 9.97 Å². The van der Waals surface area contributed by atoms with Gasteiger partial charge in [0.05, 0.1) is 19.7 Å². The molecule has 1 aromatic heterocycles. The Balaban J connectivity index is 1.70. The number of anilines is 3. The molecule has 0 saturated heterocycles. The first-order valence-electron chi connectivity index (χ1n) is 9.89. The topological polar surface area (TPSA) is 99.5 Å². The van der Waals surface area contributed by atoms with Crippen LogP contribution in [-0.2, 0) is 13.1 Å². The van der Waals surface area contributed by atoms with Gasteiger partial charge < -0.3 is 25.8 Å². The molecular weight excluding hydrogens is 390 g/mol. The Morgan fingerprint density at radius 3 is 1.81 bits per heavy atom. The summed E-state index contributed by atoms with van der Waals surface area (Å²) >= 11 is 0. The highest BCUT2D eigenvalue weighted by Gasteiger charge is 2.12. The average Bonchev–Trinajstić information content (AvgIpc) is 2.79. The second-order valence-corrected chi connectivity index (χ2v) is 7.22. The molecule has 0 saturated carbocycles. The third-order valence-electron chi connectivity index (χ3n) is 5.16. The molecule has 0 spiro atoms. The van der Waals surface area contributed by atoms with Crippen molar-refractivity contribution in [2.24, 2.45) is 0 Å². The van der Waals surface area contributed by atoms with E-state index < -0.39 is 0 Å². The molecule has 31 heavy (non-hydrogen) atoms. The Morgan fingerprint density at radius 2 is 1.29 bits per heavy atom. The molecule has 4 aromatic rings. The van der Waals surface area contributed by atoms with E-state index in [1.165, 1.54) is 0 Å². The Labute approximate surface area is 181 Å². The predicted molar refractivity (Wildman–Crippen MR) is 124 cm³/mol. The lowest BCUT2D eigenvalue weighted by Gasteiger charge is -2.26. The zero-order valence-corrected chi connectivity index (χ0v) is 17.6. The van der Waals surface area contributed by atoms with Gasteiger partial charge in [0.25, 0.3) is 0 Å². The molecule has 7 nitrogen and oxygen atoms in total. The van der Waals surface area contributed by atoms with Crippen molar-refractivity contribution in [1.29, 1.82) is 0 Å². The number of fused-ring (bicyclic) bond motifs is 1. The van der Waals surface area contributed by atoms with Gasteiger partial charge >= 0.3 is 0 Å². The number of ether oxygens (including phenoxy) is 2. The summed E-state index contributed by atoms with van der Waals surface area (Å²) in [7, 11) is 3.33. The van der Waals surface area contributed by atoms with Gasteiger partial charge in [0.1, 0.15) is 17.3 Å². The Bertz CT molecular complexity index is 1130. The summed E-state index contributed by atoms with van der Waals surface area (Å²) in [6, 6.07) is 22.1. The molecule has 1 heterocycles. The summed E-state index contributed by atoms with van der Waals surface area (Å²) in [5.41, 5.74) is 15.9. The molecule has 0 amide bonds. The zero-order chi connectivity index (χ0) is 21.8. The van der Waals surface area contributed by atoms with E-state index in [0.29, 0.717) is 18.9 Å². The fourth-order valence-electron chi connectivity index (χ4n) is 3.50. The Kier molecular flexibility index (Phi) is 5.75. The largest absolute Gasteiger partial charge is 0.497 e. The van der Waals surface area contributed by atoms with Crippen molar-refractivity contribution in [3.05, 3.63) is 77.9 Å². The van der Waals surface area contributed by atoms with Crippen LogP contribution in [0.25, 0.3) is 10.9 Å². The minimum atomic E-state index is 0.172. The molecule has 4 N–H and O–H groups in total. The maximum atomic E-state index is 6.12. The van der Waals surface area contributed by atoms with Gasteiger partial charge in [-0.3, -0.25) is 0 Å². The molecule has 0 aliphatic rings. The monoisotopic (exact) mass is 415 g/mol. The first-order valence-corrected chi connectivity index (χ1v) is 9.89. The maximum absolute atomic E-state index is 6.12. The number of aromatic nitrogens is 2. The third kappa shape index (κ3) is 4.61. The van der Waals surface area contributed by atoms with Gasteiger partial charge in [-0.15, -0.1) is 0 Å². The zero-order valence-electron chi connectivity index (χ0n) is 17.6. The van der Waals surface area contributed by atoms with Crippen molar-refractivity contribution in [3.8, 4) is 11.5 Å². The minimum Gasteiger partial charge on any atom is -0.497 e. The highest BCUT2D eigenvalue weighted by molar-refractivity contribution is 5.91. The van der Waals surface area contributed by atoms with E-state index in [0.717, 1.165) is 39.2 Å². The van der Waals surface area contributed by atoms with E-state index in [9.17, 15) is 0 Å². The van der Waals surface area contributed by atoms with E-state index in [-0.39, 0.29) is 5.95 Å². The molecule has 3 aromatic carbocycles. The second kappa shape index (κ2) is 8.79. The van der Waals surface area contributed by atoms with E-state index in [4.69, 9.17) is 20.9 Å². The summed E-state index contributed by atoms with van der Waals surface area (Å²) in [5, 5.41) is 0.779. The second-order valence-electron chi connectivity index (χ2n) is 7.22. The predicted octanol–water partition coefficient (Wildman–Crippen LogP) is 4.02. The first-order chi connectivity index (χ1) is 15.1. The molecule has 0 unspecified atom stereocenters. The number of benzene rings is 3. The van der Waals surface area contributed by atoms with E-state index in [1.54, 1.807) is 14.2 Å². The molecule has 0 bridgehead atoms. The van der Waals surface area contributed by atoms with Crippen LogP contribution in [0.4, 0.5) is 17.5 Å². The number of rotatable bonds is 7. The normalized spacial score (nSPS) is 10.8. The molecule has 4 rings (SSSR count). The lowest BCUT2D eigenvalue weighted by molar-refractivity contribution is 0.414. The summed E-state index contributed by atoms with van der Waals surface area (Å²) in [6.45, 7) is 1.41. The smallest absolute Gasteiger partial charge is 0.222 e. The van der Waals surface area contributed by atoms with Gasteiger partial charge in [0.2, 0.25) is 5.95 Å². The molecule has 0 aliphatic heterocycles. The van der Waals surface area contributed by atoms with Crippen molar-refractivity contribution in [2.75, 3.05) is 30.6 Å². The van der Waals surface area contributed by atoms with Gasteiger partial charge in [-0.25, -0.2) is 4.98 Å². The van der Waals surface area contributed by atoms with E-state index in [2.05, 4.69) is 39.1 Å². The van der Waals surface area contributed by atoms with Crippen LogP contribution in [-0.4, -0.2) is 24.2 Å². The molecule has 7 heteroatoms. The van der Waals surface area contributed by atoms with Crippen molar-refractivity contribution >= 4 is 28.4 Å². The highest BCUT2D eigenvalue weighted by Crippen LogP contribution is 2.28. The van der Waals surface area contributed by atoms with Crippen LogP contribution >= 0.6 is 0 Å². The average molecular weight is 415 g/mol. The summed E-state index contributed by atoms with van der Waals surface area (Å²) in [6.07, 6.45) is 0. The van der Waals surface area contributed by atoms with Gasteiger partial charge in [0.15, 0.2) is 0 Å². The fourth-order valence-corrected chi connectivity index (χ4v) is 3.50. The number of hydrogen-bond donors (Lipinski definition) is 2. The van der Waals surface area contributed by atoms with Gasteiger partial charge in [0, 0.05) is 24.2 Å². The van der Waals surface area contributed by atoms with Crippen molar-refractivity contribution in [3.63, 3.8) is 0 Å². The molecule has 0 radical (unpaired) electrons. The minimum absolute atomic E-state index is 0.172. The SMILES string of the molecule is COc1ccc(CN(Cc2ccc(OC)cc2)c2ccc3nc(N)nc(N)c3c2)cc1. The van der Waals surface area contributed by atoms with Crippen LogP contribution in [0.15, 0.2) is 66.7 Å². The Hall–Kier alpha value is -4.00. The van der Waals surface area contributed by atoms with E-state index >= 15 is 0 Å². The fraction of sp³-hybridized carbons (Fsp3) is 0.167. The lowest BCUT2D eigenvalue weighted by atomic mass is 10.1. The Morgan fingerprint density at radius 1 is 0.742 bits per heavy atom. The molecule has 0 aliphatic carbocycles. The van der Waals surface area contributed by atoms with Gasteiger partial charge in [-0.2, -0.15) is 4.98 Å². The molecule has 0 fully saturated rings. The molecular formula is C24H25N5O2. The van der Waals surface area contributed by atoms with Crippen LogP contribution in [0.2, 0.25) is 0 Å². The van der Waals surface area contributed by atoms with Gasteiger partial charge in [-0.05, 0) is 53.6 Å². The number of hydrogen-bond acceptors (Lipinski definition) is 7. The van der Waals surface area contributed by atoms with Crippen molar-refractivity contribution in [2.45, 2.75) is 13.1 Å². The lowest BCUT2D eigenvalue weighted by Crippen LogP contribution is -2.22. The maximum Gasteiger partial charge on any atom is 0.222 e. The van der Waals surface area contributed by atoms with Crippen LogP contribution in [0.1, 0.15) is 11.1 Å². The summed E-state index contributed by atoms with van der Waals surface area (Å²) in [5.74, 6) is 2.21. The number of methoxy groups -OCH3 is 2. The third-order valence-corrected chi connectivity index (χ3v) is 5.16. The van der Waals surface area contributed by atoms with Crippen LogP contribution in [0.5, 0.6) is 11.5 Å². The van der Waals surface area contributed by atoms with Crippen LogP contribution in [0.3, 0.4) is 0 Å². The summed E-state index contributed by atoms with van der Waals surface area (Å²) < 4.78 is 10.6. The number of nitrogen functional groups attached to an aromatic ring is 2. The number of nitrogens with zero attached hydrogens (tertiary/aromatic N) is 3. The first kappa shape index (κ1) is 20.3. The molecule has 158 valence electrons. The quantitative estimate of drug-likeness (QED) is 0.470. The van der Waals surface area contributed by atoms with Gasteiger partial charge in [-0.1, -0.05) is 24.3 Å². The summed E-state index contributed by atoms with van der Waals surface area (Å²) in [4.78, 5) is 10.7. The standard InChI is InChI=1S/C24H25N5O2/c1-30-19-8-3-16(4-9-19)14-29(15-17-5-10-20(31-2)11-6-17)18-7-12-22-21(13-18)23(25)28-24(26)27-22/h3-13H,14-15H2,1-2H3,(H4,25,26,27,28). The number of nitrogens with two attached hydrogens (primary N) is 2. The highest BCUT2D eigenvalue weighted by atomic mass is 16.5. The van der Waals surface area contributed by atoms with E-state index in [1.807, 2.05) is 42.5 Å².